The highest BCUT2D eigenvalue weighted by molar-refractivity contribution is 7.16. The summed E-state index contributed by atoms with van der Waals surface area (Å²) < 4.78 is 34.1. The van der Waals surface area contributed by atoms with Crippen molar-refractivity contribution in [3.05, 3.63) is 76.6 Å². The Morgan fingerprint density at radius 1 is 1.07 bits per heavy atom. The van der Waals surface area contributed by atoms with E-state index in [0.29, 0.717) is 5.56 Å². The number of carbonyl (C=O) groups is 2. The van der Waals surface area contributed by atoms with Crippen LogP contribution in [0.3, 0.4) is 0 Å². The first-order valence-electron chi connectivity index (χ1n) is 8.59. The van der Waals surface area contributed by atoms with Crippen LogP contribution in [0.15, 0.2) is 59.6 Å². The zero-order chi connectivity index (χ0) is 20.5. The number of ether oxygens (including phenoxy) is 1. The van der Waals surface area contributed by atoms with Gasteiger partial charge >= 0.3 is 5.97 Å². The van der Waals surface area contributed by atoms with Crippen LogP contribution >= 0.6 is 11.3 Å². The minimum atomic E-state index is -0.847. The molecular weight excluding hydrogens is 398 g/mol. The van der Waals surface area contributed by atoms with Crippen molar-refractivity contribution in [2.24, 2.45) is 4.99 Å². The zero-order valence-electron chi connectivity index (χ0n) is 15.2. The number of methoxy groups -OCH3 is 1. The van der Waals surface area contributed by atoms with Crippen LogP contribution in [0, 0.1) is 11.6 Å². The van der Waals surface area contributed by atoms with E-state index in [9.17, 15) is 18.4 Å². The van der Waals surface area contributed by atoms with Gasteiger partial charge in [-0.3, -0.25) is 9.59 Å². The quantitative estimate of drug-likeness (QED) is 0.477. The summed E-state index contributed by atoms with van der Waals surface area (Å²) in [6.45, 7) is -0.358. The Balaban J connectivity index is 1.87. The maximum absolute atomic E-state index is 14.4. The van der Waals surface area contributed by atoms with Gasteiger partial charge in [-0.05, 0) is 29.0 Å². The summed E-state index contributed by atoms with van der Waals surface area (Å²) in [5, 5.41) is 1.85. The number of nitrogens with zero attached hydrogens (tertiary/aromatic N) is 2. The van der Waals surface area contributed by atoms with Crippen LogP contribution < -0.4 is 4.80 Å². The van der Waals surface area contributed by atoms with Crippen molar-refractivity contribution < 1.29 is 23.1 Å². The molecule has 0 atom stereocenters. The Morgan fingerprint density at radius 2 is 1.83 bits per heavy atom. The molecule has 1 aromatic heterocycles. The summed E-state index contributed by atoms with van der Waals surface area (Å²) in [6.07, 6.45) is 0. The number of benzene rings is 3. The minimum absolute atomic E-state index is 0.00754. The Hall–Kier alpha value is -3.39. The lowest BCUT2D eigenvalue weighted by atomic mass is 10.1. The number of hydrogen-bond acceptors (Lipinski definition) is 4. The highest BCUT2D eigenvalue weighted by Crippen LogP contribution is 2.23. The number of hydrogen-bond donors (Lipinski definition) is 0. The van der Waals surface area contributed by atoms with E-state index in [1.165, 1.54) is 11.7 Å². The molecule has 3 aromatic carbocycles. The van der Waals surface area contributed by atoms with E-state index >= 15 is 0 Å². The summed E-state index contributed by atoms with van der Waals surface area (Å²) >= 11 is 0.919. The molecule has 0 aliphatic rings. The third-order valence-corrected chi connectivity index (χ3v) is 5.43. The predicted octanol–water partition coefficient (Wildman–Crippen LogP) is 4.05. The number of carbonyl (C=O) groups excluding carboxylic acids is 2. The standard InChI is InChI=1S/C21H14F2N2O3S/c1-28-18(26)11-25-19-16(23)9-15(22)10-17(19)29-21(25)24-20(27)14-7-6-12-4-2-3-5-13(12)8-14/h2-10H,11H2,1H3. The van der Waals surface area contributed by atoms with Gasteiger partial charge in [0.25, 0.3) is 5.91 Å². The third kappa shape index (κ3) is 3.66. The fourth-order valence-electron chi connectivity index (χ4n) is 3.03. The molecule has 5 nitrogen and oxygen atoms in total. The van der Waals surface area contributed by atoms with E-state index < -0.39 is 23.5 Å². The van der Waals surface area contributed by atoms with Gasteiger partial charge in [-0.15, -0.1) is 0 Å². The van der Waals surface area contributed by atoms with Crippen molar-refractivity contribution in [1.82, 2.24) is 4.57 Å². The average Bonchev–Trinajstić information content (AvgIpc) is 3.04. The Labute approximate surface area is 167 Å². The first kappa shape index (κ1) is 18.9. The molecule has 0 fully saturated rings. The summed E-state index contributed by atoms with van der Waals surface area (Å²) in [5.74, 6) is -2.80. The summed E-state index contributed by atoms with van der Waals surface area (Å²) in [5.41, 5.74) is 0.337. The SMILES string of the molecule is COC(=O)Cn1c(=NC(=O)c2ccc3ccccc3c2)sc2cc(F)cc(F)c21. The Bertz CT molecular complexity index is 1340. The van der Waals surface area contributed by atoms with E-state index in [1.807, 2.05) is 24.3 Å². The maximum Gasteiger partial charge on any atom is 0.325 e. The van der Waals surface area contributed by atoms with Crippen LogP contribution in [0.1, 0.15) is 10.4 Å². The summed E-state index contributed by atoms with van der Waals surface area (Å²) in [4.78, 5) is 28.7. The second-order valence-corrected chi connectivity index (χ2v) is 7.27. The zero-order valence-corrected chi connectivity index (χ0v) is 16.0. The molecule has 29 heavy (non-hydrogen) atoms. The lowest BCUT2D eigenvalue weighted by Gasteiger charge is -2.04. The lowest BCUT2D eigenvalue weighted by Crippen LogP contribution is -2.22. The molecule has 0 unspecified atom stereocenters. The van der Waals surface area contributed by atoms with Crippen molar-refractivity contribution in [3.63, 3.8) is 0 Å². The average molecular weight is 412 g/mol. The molecule has 0 saturated carbocycles. The second kappa shape index (κ2) is 7.56. The fourth-order valence-corrected chi connectivity index (χ4v) is 4.10. The molecule has 0 aliphatic carbocycles. The molecule has 4 aromatic rings. The minimum Gasteiger partial charge on any atom is -0.468 e. The molecular formula is C21H14F2N2O3S. The van der Waals surface area contributed by atoms with Crippen LogP contribution in [0.25, 0.3) is 21.0 Å². The molecule has 0 spiro atoms. The highest BCUT2D eigenvalue weighted by atomic mass is 32.1. The first-order valence-corrected chi connectivity index (χ1v) is 9.41. The van der Waals surface area contributed by atoms with Crippen LogP contribution in [-0.4, -0.2) is 23.6 Å². The van der Waals surface area contributed by atoms with E-state index in [4.69, 9.17) is 0 Å². The molecule has 0 radical (unpaired) electrons. The Morgan fingerprint density at radius 3 is 2.59 bits per heavy atom. The largest absolute Gasteiger partial charge is 0.468 e. The van der Waals surface area contributed by atoms with E-state index in [2.05, 4.69) is 9.73 Å². The topological polar surface area (TPSA) is 60.7 Å². The van der Waals surface area contributed by atoms with Gasteiger partial charge in [0.05, 0.1) is 17.3 Å². The van der Waals surface area contributed by atoms with Crippen LogP contribution in [-0.2, 0) is 16.1 Å². The first-order chi connectivity index (χ1) is 14.0. The van der Waals surface area contributed by atoms with E-state index in [-0.39, 0.29) is 21.6 Å². The van der Waals surface area contributed by atoms with Crippen molar-refractivity contribution in [3.8, 4) is 0 Å². The van der Waals surface area contributed by atoms with Gasteiger partial charge in [0.15, 0.2) is 10.6 Å². The van der Waals surface area contributed by atoms with Crippen LogP contribution in [0.2, 0.25) is 0 Å². The van der Waals surface area contributed by atoms with Crippen LogP contribution in [0.4, 0.5) is 8.78 Å². The number of thiazole rings is 1. The van der Waals surface area contributed by atoms with Crippen molar-refractivity contribution >= 4 is 44.2 Å². The molecule has 0 aliphatic heterocycles. The van der Waals surface area contributed by atoms with E-state index in [0.717, 1.165) is 34.2 Å². The van der Waals surface area contributed by atoms with Gasteiger partial charge in [0.1, 0.15) is 12.4 Å². The normalized spacial score (nSPS) is 11.9. The number of fused-ring (bicyclic) bond motifs is 2. The van der Waals surface area contributed by atoms with Crippen molar-refractivity contribution in [2.75, 3.05) is 7.11 Å². The van der Waals surface area contributed by atoms with Gasteiger partial charge in [-0.1, -0.05) is 41.7 Å². The molecule has 0 bridgehead atoms. The number of halogens is 2. The number of aromatic nitrogens is 1. The highest BCUT2D eigenvalue weighted by Gasteiger charge is 2.17. The predicted molar refractivity (Wildman–Crippen MR) is 106 cm³/mol. The number of amides is 1. The van der Waals surface area contributed by atoms with E-state index in [1.54, 1.807) is 18.2 Å². The van der Waals surface area contributed by atoms with Gasteiger partial charge in [-0.25, -0.2) is 8.78 Å². The summed E-state index contributed by atoms with van der Waals surface area (Å²) in [6, 6.07) is 14.6. The third-order valence-electron chi connectivity index (χ3n) is 4.40. The number of rotatable bonds is 3. The van der Waals surface area contributed by atoms with Crippen molar-refractivity contribution in [2.45, 2.75) is 6.54 Å². The fraction of sp³-hybridized carbons (Fsp3) is 0.0952. The van der Waals surface area contributed by atoms with Crippen molar-refractivity contribution in [1.29, 1.82) is 0 Å². The number of esters is 1. The second-order valence-electron chi connectivity index (χ2n) is 6.26. The molecule has 0 N–H and O–H groups in total. The molecule has 1 heterocycles. The Kier molecular flexibility index (Phi) is 4.94. The maximum atomic E-state index is 14.4. The smallest absolute Gasteiger partial charge is 0.325 e. The molecule has 146 valence electrons. The molecule has 1 amide bonds. The van der Waals surface area contributed by atoms with Gasteiger partial charge < -0.3 is 9.30 Å². The lowest BCUT2D eigenvalue weighted by molar-refractivity contribution is -0.141. The molecule has 4 rings (SSSR count). The summed E-state index contributed by atoms with van der Waals surface area (Å²) in [7, 11) is 1.20. The van der Waals surface area contributed by atoms with Gasteiger partial charge in [0, 0.05) is 11.6 Å². The van der Waals surface area contributed by atoms with Crippen LogP contribution in [0.5, 0.6) is 0 Å². The monoisotopic (exact) mass is 412 g/mol. The van der Waals surface area contributed by atoms with Gasteiger partial charge in [0.2, 0.25) is 0 Å². The molecule has 8 heteroatoms. The van der Waals surface area contributed by atoms with Gasteiger partial charge in [-0.2, -0.15) is 4.99 Å². The molecule has 0 saturated heterocycles.